The van der Waals surface area contributed by atoms with E-state index >= 15 is 0 Å². The number of aryl methyl sites for hydroxylation is 1. The lowest BCUT2D eigenvalue weighted by Crippen LogP contribution is -2.44. The SMILES string of the molecule is CCN(C(=O)C(C)Sc1nnc(-c2ccoc2C)n1C)C1CCCCC1. The molecule has 2 aromatic rings. The summed E-state index contributed by atoms with van der Waals surface area (Å²) in [4.78, 5) is 15.1. The van der Waals surface area contributed by atoms with E-state index in [-0.39, 0.29) is 11.2 Å². The van der Waals surface area contributed by atoms with Crippen molar-refractivity contribution in [2.75, 3.05) is 6.54 Å². The number of nitrogens with zero attached hydrogens (tertiary/aromatic N) is 4. The highest BCUT2D eigenvalue weighted by Crippen LogP contribution is 2.30. The van der Waals surface area contributed by atoms with Crippen molar-refractivity contribution in [3.63, 3.8) is 0 Å². The number of thioether (sulfide) groups is 1. The molecule has 0 aromatic carbocycles. The Morgan fingerprint density at radius 1 is 1.38 bits per heavy atom. The molecule has 1 saturated carbocycles. The van der Waals surface area contributed by atoms with Crippen molar-refractivity contribution in [2.24, 2.45) is 7.05 Å². The summed E-state index contributed by atoms with van der Waals surface area (Å²) in [6.07, 6.45) is 7.67. The van der Waals surface area contributed by atoms with E-state index in [0.29, 0.717) is 6.04 Å². The number of hydrogen-bond acceptors (Lipinski definition) is 5. The van der Waals surface area contributed by atoms with E-state index in [1.807, 2.05) is 31.5 Å². The number of furan rings is 1. The van der Waals surface area contributed by atoms with E-state index in [1.54, 1.807) is 6.26 Å². The van der Waals surface area contributed by atoms with Gasteiger partial charge < -0.3 is 13.9 Å². The van der Waals surface area contributed by atoms with Gasteiger partial charge in [-0.25, -0.2) is 0 Å². The average molecular weight is 377 g/mol. The number of aromatic nitrogens is 3. The highest BCUT2D eigenvalue weighted by atomic mass is 32.2. The smallest absolute Gasteiger partial charge is 0.236 e. The van der Waals surface area contributed by atoms with Crippen LogP contribution in [0.25, 0.3) is 11.4 Å². The summed E-state index contributed by atoms with van der Waals surface area (Å²) in [6.45, 7) is 6.72. The van der Waals surface area contributed by atoms with Gasteiger partial charge in [-0.2, -0.15) is 0 Å². The fraction of sp³-hybridized carbons (Fsp3) is 0.632. The summed E-state index contributed by atoms with van der Waals surface area (Å²) < 4.78 is 7.30. The third-order valence-electron chi connectivity index (χ3n) is 5.20. The summed E-state index contributed by atoms with van der Waals surface area (Å²) in [5.41, 5.74) is 0.934. The van der Waals surface area contributed by atoms with E-state index < -0.39 is 0 Å². The van der Waals surface area contributed by atoms with Crippen LogP contribution < -0.4 is 0 Å². The first-order chi connectivity index (χ1) is 12.5. The van der Waals surface area contributed by atoms with E-state index in [2.05, 4.69) is 22.0 Å². The highest BCUT2D eigenvalue weighted by molar-refractivity contribution is 8.00. The maximum atomic E-state index is 13.0. The first-order valence-electron chi connectivity index (χ1n) is 9.44. The van der Waals surface area contributed by atoms with Gasteiger partial charge in [0.15, 0.2) is 11.0 Å². The average Bonchev–Trinajstić information content (AvgIpc) is 3.22. The summed E-state index contributed by atoms with van der Waals surface area (Å²) in [5.74, 6) is 1.78. The lowest BCUT2D eigenvalue weighted by molar-refractivity contribution is -0.133. The van der Waals surface area contributed by atoms with Crippen LogP contribution in [0, 0.1) is 6.92 Å². The van der Waals surface area contributed by atoms with Crippen LogP contribution in [0.5, 0.6) is 0 Å². The molecule has 26 heavy (non-hydrogen) atoms. The van der Waals surface area contributed by atoms with Gasteiger partial charge in [0.2, 0.25) is 5.91 Å². The molecular weight excluding hydrogens is 348 g/mol. The van der Waals surface area contributed by atoms with Crippen molar-refractivity contribution in [1.29, 1.82) is 0 Å². The molecule has 0 spiro atoms. The molecule has 2 heterocycles. The molecule has 7 heteroatoms. The summed E-state index contributed by atoms with van der Waals surface area (Å²) in [5, 5.41) is 9.16. The third-order valence-corrected chi connectivity index (χ3v) is 6.33. The van der Waals surface area contributed by atoms with Crippen molar-refractivity contribution >= 4 is 17.7 Å². The normalized spacial score (nSPS) is 16.6. The third kappa shape index (κ3) is 3.82. The van der Waals surface area contributed by atoms with Gasteiger partial charge in [0, 0.05) is 19.6 Å². The maximum absolute atomic E-state index is 13.0. The van der Waals surface area contributed by atoms with Gasteiger partial charge in [0.25, 0.3) is 0 Å². The minimum absolute atomic E-state index is 0.182. The van der Waals surface area contributed by atoms with Crippen LogP contribution in [0.2, 0.25) is 0 Å². The Morgan fingerprint density at radius 3 is 2.73 bits per heavy atom. The first-order valence-corrected chi connectivity index (χ1v) is 10.3. The Labute approximate surface area is 159 Å². The van der Waals surface area contributed by atoms with E-state index in [4.69, 9.17) is 4.42 Å². The summed E-state index contributed by atoms with van der Waals surface area (Å²) >= 11 is 1.48. The van der Waals surface area contributed by atoms with Crippen LogP contribution in [-0.4, -0.2) is 43.4 Å². The first kappa shape index (κ1) is 19.0. The Bertz CT molecular complexity index is 749. The molecule has 3 rings (SSSR count). The maximum Gasteiger partial charge on any atom is 0.236 e. The van der Waals surface area contributed by atoms with Crippen molar-refractivity contribution in [2.45, 2.75) is 69.3 Å². The second kappa shape index (κ2) is 8.29. The largest absolute Gasteiger partial charge is 0.469 e. The van der Waals surface area contributed by atoms with Gasteiger partial charge in [-0.05, 0) is 39.7 Å². The van der Waals surface area contributed by atoms with E-state index in [9.17, 15) is 4.79 Å². The van der Waals surface area contributed by atoms with Crippen LogP contribution in [0.4, 0.5) is 0 Å². The lowest BCUT2D eigenvalue weighted by atomic mass is 9.94. The summed E-state index contributed by atoms with van der Waals surface area (Å²) in [6, 6.07) is 2.29. The van der Waals surface area contributed by atoms with Gasteiger partial charge in [0.05, 0.1) is 17.1 Å². The highest BCUT2D eigenvalue weighted by Gasteiger charge is 2.29. The van der Waals surface area contributed by atoms with Crippen LogP contribution in [-0.2, 0) is 11.8 Å². The minimum atomic E-state index is -0.182. The molecule has 1 atom stereocenters. The molecule has 2 aromatic heterocycles. The minimum Gasteiger partial charge on any atom is -0.469 e. The molecule has 1 fully saturated rings. The van der Waals surface area contributed by atoms with Gasteiger partial charge in [-0.15, -0.1) is 10.2 Å². The van der Waals surface area contributed by atoms with E-state index in [0.717, 1.165) is 41.7 Å². The van der Waals surface area contributed by atoms with Crippen LogP contribution in [0.1, 0.15) is 51.7 Å². The predicted octanol–water partition coefficient (Wildman–Crippen LogP) is 4.05. The molecule has 0 aliphatic heterocycles. The molecule has 142 valence electrons. The Hall–Kier alpha value is -1.76. The number of hydrogen-bond donors (Lipinski definition) is 0. The predicted molar refractivity (Wildman–Crippen MR) is 103 cm³/mol. The van der Waals surface area contributed by atoms with Gasteiger partial charge in [-0.3, -0.25) is 4.79 Å². The zero-order chi connectivity index (χ0) is 18.7. The quantitative estimate of drug-likeness (QED) is 0.712. The fourth-order valence-corrected chi connectivity index (χ4v) is 4.58. The zero-order valence-electron chi connectivity index (χ0n) is 16.1. The number of carbonyl (C=O) groups excluding carboxylic acids is 1. The van der Waals surface area contributed by atoms with Crippen LogP contribution >= 0.6 is 11.8 Å². The number of carbonyl (C=O) groups is 1. The molecule has 0 saturated heterocycles. The summed E-state index contributed by atoms with van der Waals surface area (Å²) in [7, 11) is 1.93. The van der Waals surface area contributed by atoms with Crippen molar-refractivity contribution in [3.8, 4) is 11.4 Å². The molecular formula is C19H28N4O2S. The fourth-order valence-electron chi connectivity index (χ4n) is 3.70. The van der Waals surface area contributed by atoms with Crippen molar-refractivity contribution in [3.05, 3.63) is 18.1 Å². The molecule has 0 radical (unpaired) electrons. The van der Waals surface area contributed by atoms with Crippen molar-refractivity contribution < 1.29 is 9.21 Å². The second-order valence-electron chi connectivity index (χ2n) is 6.93. The van der Waals surface area contributed by atoms with Crippen LogP contribution in [0.3, 0.4) is 0 Å². The van der Waals surface area contributed by atoms with E-state index in [1.165, 1.54) is 31.0 Å². The second-order valence-corrected chi connectivity index (χ2v) is 8.24. The van der Waals surface area contributed by atoms with Gasteiger partial charge in [-0.1, -0.05) is 31.0 Å². The Balaban J connectivity index is 1.71. The molecule has 1 aliphatic carbocycles. The molecule has 1 unspecified atom stereocenters. The van der Waals surface area contributed by atoms with Gasteiger partial charge >= 0.3 is 0 Å². The zero-order valence-corrected chi connectivity index (χ0v) is 16.9. The molecule has 1 amide bonds. The molecule has 0 bridgehead atoms. The van der Waals surface area contributed by atoms with Crippen LogP contribution in [0.15, 0.2) is 21.9 Å². The Kier molecular flexibility index (Phi) is 6.06. The van der Waals surface area contributed by atoms with Crippen molar-refractivity contribution in [1.82, 2.24) is 19.7 Å². The molecule has 6 nitrogen and oxygen atoms in total. The Morgan fingerprint density at radius 2 is 2.12 bits per heavy atom. The van der Waals surface area contributed by atoms with Gasteiger partial charge in [0.1, 0.15) is 5.76 Å². The number of rotatable bonds is 6. The lowest BCUT2D eigenvalue weighted by Gasteiger charge is -2.35. The monoisotopic (exact) mass is 376 g/mol. The topological polar surface area (TPSA) is 64.2 Å². The molecule has 0 N–H and O–H groups in total. The molecule has 1 aliphatic rings. The number of amides is 1. The standard InChI is InChI=1S/C19H28N4O2S/c1-5-23(15-9-7-6-8-10-15)18(24)14(3)26-19-21-20-17(22(19)4)16-11-12-25-13(16)2/h11-12,14-15H,5-10H2,1-4H3.